The van der Waals surface area contributed by atoms with Gasteiger partial charge in [0.1, 0.15) is 0 Å². The van der Waals surface area contributed by atoms with Gasteiger partial charge in [0, 0.05) is 32.9 Å². The minimum Gasteiger partial charge on any atom is -0.309 e. The van der Waals surface area contributed by atoms with Gasteiger partial charge in [0.25, 0.3) is 0 Å². The Morgan fingerprint density at radius 1 is 0.260 bits per heavy atom. The minimum absolute atomic E-state index is 1.15. The summed E-state index contributed by atoms with van der Waals surface area (Å²) in [6, 6.07) is 70.4. The molecule has 0 aliphatic heterocycles. The van der Waals surface area contributed by atoms with Crippen LogP contribution in [0.1, 0.15) is 0 Å². The van der Waals surface area contributed by atoms with Crippen LogP contribution in [0, 0.1) is 0 Å². The molecule has 0 unspecified atom stereocenters. The van der Waals surface area contributed by atoms with Gasteiger partial charge in [-0.1, -0.05) is 140 Å². The summed E-state index contributed by atoms with van der Waals surface area (Å²) in [6.45, 7) is 0. The highest BCUT2D eigenvalue weighted by Crippen LogP contribution is 2.42. The van der Waals surface area contributed by atoms with Gasteiger partial charge in [0.15, 0.2) is 0 Å². The van der Waals surface area contributed by atoms with Gasteiger partial charge < -0.3 is 9.13 Å². The maximum atomic E-state index is 2.44. The van der Waals surface area contributed by atoms with Crippen molar-refractivity contribution in [3.8, 4) is 44.8 Å². The Labute approximate surface area is 290 Å². The standard InChI is InChI=1S/C48H32N2/c1-4-15-33(16-5-1)38-29-28-37(32-42(38)34-17-6-2-7-18-34)50-45-25-13-11-22-41(45)48-39(23-14-26-47(48)50)35-27-30-46-43(31-35)40-21-10-12-24-44(40)49(46)36-19-8-3-9-20-36/h1-32H. The lowest BCUT2D eigenvalue weighted by atomic mass is 9.94. The predicted octanol–water partition coefficient (Wildman–Crippen LogP) is 12.9. The number of para-hydroxylation sites is 3. The molecule has 0 aliphatic carbocycles. The molecule has 0 radical (unpaired) electrons. The van der Waals surface area contributed by atoms with Crippen molar-refractivity contribution < 1.29 is 0 Å². The van der Waals surface area contributed by atoms with E-state index in [9.17, 15) is 0 Å². The fraction of sp³-hybridized carbons (Fsp3) is 0. The molecular weight excluding hydrogens is 605 g/mol. The van der Waals surface area contributed by atoms with Crippen LogP contribution >= 0.6 is 0 Å². The largest absolute Gasteiger partial charge is 0.309 e. The van der Waals surface area contributed by atoms with Gasteiger partial charge in [-0.25, -0.2) is 0 Å². The Morgan fingerprint density at radius 3 is 1.56 bits per heavy atom. The quantitative estimate of drug-likeness (QED) is 0.178. The first-order chi connectivity index (χ1) is 24.8. The fourth-order valence-electron chi connectivity index (χ4n) is 7.93. The number of rotatable bonds is 5. The first kappa shape index (κ1) is 28.4. The van der Waals surface area contributed by atoms with Crippen molar-refractivity contribution in [1.29, 1.82) is 0 Å². The lowest BCUT2D eigenvalue weighted by Gasteiger charge is -2.15. The van der Waals surface area contributed by atoms with Crippen molar-refractivity contribution in [2.24, 2.45) is 0 Å². The molecule has 0 fully saturated rings. The molecule has 2 heteroatoms. The summed E-state index contributed by atoms with van der Waals surface area (Å²) >= 11 is 0. The molecule has 0 saturated heterocycles. The molecule has 0 aliphatic rings. The van der Waals surface area contributed by atoms with E-state index >= 15 is 0 Å². The van der Waals surface area contributed by atoms with Crippen LogP contribution in [0.2, 0.25) is 0 Å². The summed E-state index contributed by atoms with van der Waals surface area (Å²) in [6.07, 6.45) is 0. The van der Waals surface area contributed by atoms with Crippen molar-refractivity contribution in [1.82, 2.24) is 9.13 Å². The van der Waals surface area contributed by atoms with Crippen LogP contribution < -0.4 is 0 Å². The monoisotopic (exact) mass is 636 g/mol. The van der Waals surface area contributed by atoms with E-state index in [0.717, 1.165) is 5.69 Å². The van der Waals surface area contributed by atoms with E-state index in [4.69, 9.17) is 0 Å². The maximum absolute atomic E-state index is 2.44. The number of fused-ring (bicyclic) bond motifs is 6. The van der Waals surface area contributed by atoms with Crippen LogP contribution in [-0.4, -0.2) is 9.13 Å². The van der Waals surface area contributed by atoms with Crippen LogP contribution in [-0.2, 0) is 0 Å². The lowest BCUT2D eigenvalue weighted by Crippen LogP contribution is -1.96. The van der Waals surface area contributed by atoms with E-state index in [1.807, 2.05) is 0 Å². The fourth-order valence-corrected chi connectivity index (χ4v) is 7.93. The van der Waals surface area contributed by atoms with Gasteiger partial charge in [0.05, 0.1) is 22.1 Å². The van der Waals surface area contributed by atoms with Gasteiger partial charge in [-0.15, -0.1) is 0 Å². The smallest absolute Gasteiger partial charge is 0.0547 e. The molecule has 2 heterocycles. The summed E-state index contributed by atoms with van der Waals surface area (Å²) in [5, 5.41) is 5.03. The summed E-state index contributed by atoms with van der Waals surface area (Å²) in [5.74, 6) is 0. The lowest BCUT2D eigenvalue weighted by molar-refractivity contribution is 1.18. The normalized spacial score (nSPS) is 11.6. The van der Waals surface area contributed by atoms with E-state index < -0.39 is 0 Å². The highest BCUT2D eigenvalue weighted by Gasteiger charge is 2.19. The number of nitrogens with zero attached hydrogens (tertiary/aromatic N) is 2. The van der Waals surface area contributed by atoms with Crippen molar-refractivity contribution in [2.75, 3.05) is 0 Å². The van der Waals surface area contributed by atoms with Crippen molar-refractivity contribution in [3.05, 3.63) is 194 Å². The summed E-state index contributed by atoms with van der Waals surface area (Å²) in [5.41, 5.74) is 14.5. The summed E-state index contributed by atoms with van der Waals surface area (Å²) < 4.78 is 4.82. The van der Waals surface area contributed by atoms with Gasteiger partial charge in [-0.05, 0) is 88.0 Å². The highest BCUT2D eigenvalue weighted by atomic mass is 15.0. The third kappa shape index (κ3) is 4.43. The molecule has 10 rings (SSSR count). The van der Waals surface area contributed by atoms with Crippen LogP contribution in [0.15, 0.2) is 194 Å². The SMILES string of the molecule is c1ccc(-c2ccc(-n3c4ccccc4c4c(-c5ccc6c(c5)c5ccccc5n6-c5ccccc5)cccc43)cc2-c2ccccc2)cc1. The molecule has 234 valence electrons. The number of hydrogen-bond acceptors (Lipinski definition) is 0. The zero-order valence-electron chi connectivity index (χ0n) is 27.4. The zero-order valence-corrected chi connectivity index (χ0v) is 27.4. The summed E-state index contributed by atoms with van der Waals surface area (Å²) in [7, 11) is 0. The second-order valence-electron chi connectivity index (χ2n) is 12.9. The van der Waals surface area contributed by atoms with Crippen molar-refractivity contribution >= 4 is 43.6 Å². The Balaban J connectivity index is 1.21. The average Bonchev–Trinajstić information content (AvgIpc) is 3.71. The first-order valence-electron chi connectivity index (χ1n) is 17.2. The molecule has 50 heavy (non-hydrogen) atoms. The molecule has 0 N–H and O–H groups in total. The van der Waals surface area contributed by atoms with E-state index in [2.05, 4.69) is 203 Å². The molecule has 0 amide bonds. The number of aromatic nitrogens is 2. The molecule has 0 saturated carbocycles. The Morgan fingerprint density at radius 2 is 0.820 bits per heavy atom. The zero-order chi connectivity index (χ0) is 33.0. The van der Waals surface area contributed by atoms with Crippen LogP contribution in [0.5, 0.6) is 0 Å². The minimum atomic E-state index is 1.15. The third-order valence-corrected chi connectivity index (χ3v) is 10.1. The predicted molar refractivity (Wildman–Crippen MR) is 211 cm³/mol. The summed E-state index contributed by atoms with van der Waals surface area (Å²) in [4.78, 5) is 0. The van der Waals surface area contributed by atoms with E-state index in [1.165, 1.54) is 82.7 Å². The van der Waals surface area contributed by atoms with Crippen LogP contribution in [0.3, 0.4) is 0 Å². The molecular formula is C48H32N2. The van der Waals surface area contributed by atoms with Crippen LogP contribution in [0.4, 0.5) is 0 Å². The average molecular weight is 637 g/mol. The molecule has 8 aromatic carbocycles. The third-order valence-electron chi connectivity index (χ3n) is 10.1. The molecule has 0 spiro atoms. The Hall–Kier alpha value is -6.64. The second-order valence-corrected chi connectivity index (χ2v) is 12.9. The molecule has 10 aromatic rings. The highest BCUT2D eigenvalue weighted by molar-refractivity contribution is 6.17. The Bertz CT molecular complexity index is 2840. The van der Waals surface area contributed by atoms with Crippen LogP contribution in [0.25, 0.3) is 88.4 Å². The number of benzene rings is 8. The van der Waals surface area contributed by atoms with Gasteiger partial charge in [-0.3, -0.25) is 0 Å². The van der Waals surface area contributed by atoms with Crippen molar-refractivity contribution in [3.63, 3.8) is 0 Å². The molecule has 0 bridgehead atoms. The van der Waals surface area contributed by atoms with E-state index in [0.29, 0.717) is 0 Å². The number of hydrogen-bond donors (Lipinski definition) is 0. The second kappa shape index (κ2) is 11.5. The van der Waals surface area contributed by atoms with Gasteiger partial charge in [-0.2, -0.15) is 0 Å². The van der Waals surface area contributed by atoms with Crippen molar-refractivity contribution in [2.45, 2.75) is 0 Å². The Kier molecular flexibility index (Phi) is 6.53. The van der Waals surface area contributed by atoms with Gasteiger partial charge >= 0.3 is 0 Å². The van der Waals surface area contributed by atoms with Gasteiger partial charge in [0.2, 0.25) is 0 Å². The molecule has 2 aromatic heterocycles. The molecule has 0 atom stereocenters. The maximum Gasteiger partial charge on any atom is 0.0547 e. The topological polar surface area (TPSA) is 9.86 Å². The first-order valence-corrected chi connectivity index (χ1v) is 17.2. The van der Waals surface area contributed by atoms with E-state index in [-0.39, 0.29) is 0 Å². The molecule has 2 nitrogen and oxygen atoms in total. The van der Waals surface area contributed by atoms with E-state index in [1.54, 1.807) is 0 Å².